The van der Waals surface area contributed by atoms with Gasteiger partial charge in [-0.1, -0.05) is 25.7 Å². The molecule has 0 amide bonds. The molecule has 0 aromatic rings. The summed E-state index contributed by atoms with van der Waals surface area (Å²) in [5.74, 6) is -0.0520. The van der Waals surface area contributed by atoms with Crippen LogP contribution in [-0.4, -0.2) is 37.4 Å². The first-order valence-corrected chi connectivity index (χ1v) is 8.68. The minimum absolute atomic E-state index is 0.0520. The van der Waals surface area contributed by atoms with Gasteiger partial charge in [0.2, 0.25) is 0 Å². The second-order valence-corrected chi connectivity index (χ2v) is 6.57. The number of ether oxygens (including phenoxy) is 2. The van der Waals surface area contributed by atoms with Gasteiger partial charge in [-0.3, -0.25) is 10.1 Å². The lowest BCUT2D eigenvalue weighted by Crippen LogP contribution is -2.58. The molecule has 4 nitrogen and oxygen atoms in total. The molecule has 0 spiro atoms. The molecule has 4 heteroatoms. The topological polar surface area (TPSA) is 47.6 Å². The minimum Gasteiger partial charge on any atom is -0.465 e. The Morgan fingerprint density at radius 3 is 2.24 bits per heavy atom. The van der Waals surface area contributed by atoms with E-state index in [-0.39, 0.29) is 5.97 Å². The molecule has 0 aromatic heterocycles. The lowest BCUT2D eigenvalue weighted by atomic mass is 9.79. The third-order valence-corrected chi connectivity index (χ3v) is 5.12. The van der Waals surface area contributed by atoms with Crippen molar-refractivity contribution in [2.24, 2.45) is 0 Å². The molecule has 2 rings (SSSR count). The number of nitrogens with one attached hydrogen (secondary N) is 1. The highest BCUT2D eigenvalue weighted by Crippen LogP contribution is 2.33. The van der Waals surface area contributed by atoms with E-state index >= 15 is 0 Å². The number of methoxy groups -OCH3 is 1. The number of carbonyl (C=O) groups is 1. The van der Waals surface area contributed by atoms with Gasteiger partial charge in [0.1, 0.15) is 5.54 Å². The van der Waals surface area contributed by atoms with Crippen LogP contribution >= 0.6 is 0 Å². The van der Waals surface area contributed by atoms with Crippen molar-refractivity contribution in [1.29, 1.82) is 0 Å². The predicted octanol–water partition coefficient (Wildman–Crippen LogP) is 3.19. The Kier molecular flexibility index (Phi) is 6.49. The summed E-state index contributed by atoms with van der Waals surface area (Å²) in [5.41, 5.74) is -0.472. The Hall–Kier alpha value is -0.610. The van der Waals surface area contributed by atoms with E-state index in [1.807, 2.05) is 6.92 Å². The summed E-state index contributed by atoms with van der Waals surface area (Å²) < 4.78 is 10.8. The largest absolute Gasteiger partial charge is 0.465 e. The molecule has 1 N–H and O–H groups in total. The van der Waals surface area contributed by atoms with E-state index in [1.165, 1.54) is 38.5 Å². The number of carbonyl (C=O) groups excluding carboxylic acids is 1. The van der Waals surface area contributed by atoms with Crippen LogP contribution in [-0.2, 0) is 14.3 Å². The van der Waals surface area contributed by atoms with E-state index in [0.29, 0.717) is 18.8 Å². The van der Waals surface area contributed by atoms with E-state index in [9.17, 15) is 4.79 Å². The third-order valence-electron chi connectivity index (χ3n) is 5.12. The third kappa shape index (κ3) is 4.43. The standard InChI is InChI=1S/C17H31NO3/c1-3-21-16(19)17(12-10-15(20-2)11-13-17)18-14-8-6-4-5-7-9-14/h14-15,18H,3-13H2,1-2H3. The van der Waals surface area contributed by atoms with Crippen molar-refractivity contribution in [3.8, 4) is 0 Å². The summed E-state index contributed by atoms with van der Waals surface area (Å²) >= 11 is 0. The predicted molar refractivity (Wildman–Crippen MR) is 83.3 cm³/mol. The normalized spacial score (nSPS) is 31.6. The number of rotatable bonds is 5. The van der Waals surface area contributed by atoms with Crippen LogP contribution in [0.15, 0.2) is 0 Å². The Morgan fingerprint density at radius 1 is 1.10 bits per heavy atom. The molecule has 0 bridgehead atoms. The zero-order valence-electron chi connectivity index (χ0n) is 13.7. The van der Waals surface area contributed by atoms with Gasteiger partial charge in [0.25, 0.3) is 0 Å². The van der Waals surface area contributed by atoms with E-state index in [2.05, 4.69) is 5.32 Å². The van der Waals surface area contributed by atoms with Crippen molar-refractivity contribution in [3.63, 3.8) is 0 Å². The molecule has 0 unspecified atom stereocenters. The average Bonchev–Trinajstić information content (AvgIpc) is 2.77. The van der Waals surface area contributed by atoms with Crippen LogP contribution in [0.1, 0.15) is 71.1 Å². The fourth-order valence-corrected chi connectivity index (χ4v) is 3.81. The summed E-state index contributed by atoms with van der Waals surface area (Å²) in [6.45, 7) is 2.35. The second-order valence-electron chi connectivity index (χ2n) is 6.57. The highest BCUT2D eigenvalue weighted by molar-refractivity contribution is 5.81. The SMILES string of the molecule is CCOC(=O)C1(NC2CCCCCC2)CCC(OC)CC1. The van der Waals surface area contributed by atoms with Gasteiger partial charge in [0.05, 0.1) is 12.7 Å². The molecule has 0 aliphatic heterocycles. The fourth-order valence-electron chi connectivity index (χ4n) is 3.81. The van der Waals surface area contributed by atoms with Crippen LogP contribution in [0.5, 0.6) is 0 Å². The first-order chi connectivity index (χ1) is 10.2. The molecule has 0 aromatic carbocycles. The molecule has 2 saturated carbocycles. The summed E-state index contributed by atoms with van der Waals surface area (Å²) in [6, 6.07) is 0.469. The van der Waals surface area contributed by atoms with Gasteiger partial charge >= 0.3 is 5.97 Å². The van der Waals surface area contributed by atoms with Crippen LogP contribution in [0, 0.1) is 0 Å². The Balaban J connectivity index is 2.02. The van der Waals surface area contributed by atoms with Crippen LogP contribution < -0.4 is 5.32 Å². The molecule has 0 saturated heterocycles. The van der Waals surface area contributed by atoms with Gasteiger partial charge in [-0.25, -0.2) is 0 Å². The highest BCUT2D eigenvalue weighted by atomic mass is 16.5. The molecule has 2 aliphatic rings. The van der Waals surface area contributed by atoms with E-state index < -0.39 is 5.54 Å². The monoisotopic (exact) mass is 297 g/mol. The van der Waals surface area contributed by atoms with Crippen molar-refractivity contribution < 1.29 is 14.3 Å². The van der Waals surface area contributed by atoms with Gasteiger partial charge in [-0.2, -0.15) is 0 Å². The van der Waals surface area contributed by atoms with Crippen LogP contribution in [0.3, 0.4) is 0 Å². The van der Waals surface area contributed by atoms with E-state index in [4.69, 9.17) is 9.47 Å². The highest BCUT2D eigenvalue weighted by Gasteiger charge is 2.44. The average molecular weight is 297 g/mol. The summed E-state index contributed by atoms with van der Waals surface area (Å²) in [5, 5.41) is 3.71. The number of esters is 1. The first kappa shape index (κ1) is 16.8. The number of hydrogen-bond donors (Lipinski definition) is 1. The van der Waals surface area contributed by atoms with E-state index in [1.54, 1.807) is 7.11 Å². The molecule has 0 atom stereocenters. The fraction of sp³-hybridized carbons (Fsp3) is 0.941. The maximum absolute atomic E-state index is 12.5. The van der Waals surface area contributed by atoms with Gasteiger partial charge < -0.3 is 9.47 Å². The lowest BCUT2D eigenvalue weighted by Gasteiger charge is -2.40. The van der Waals surface area contributed by atoms with Gasteiger partial charge in [-0.15, -0.1) is 0 Å². The number of hydrogen-bond acceptors (Lipinski definition) is 4. The smallest absolute Gasteiger partial charge is 0.326 e. The van der Waals surface area contributed by atoms with Crippen molar-refractivity contribution in [3.05, 3.63) is 0 Å². The van der Waals surface area contributed by atoms with Crippen LogP contribution in [0.4, 0.5) is 0 Å². The van der Waals surface area contributed by atoms with Gasteiger partial charge in [0.15, 0.2) is 0 Å². The van der Waals surface area contributed by atoms with Gasteiger partial charge in [-0.05, 0) is 45.4 Å². The maximum atomic E-state index is 12.5. The molecule has 0 radical (unpaired) electrons. The van der Waals surface area contributed by atoms with Crippen LogP contribution in [0.25, 0.3) is 0 Å². The Morgan fingerprint density at radius 2 is 1.71 bits per heavy atom. The summed E-state index contributed by atoms with van der Waals surface area (Å²) in [7, 11) is 1.76. The maximum Gasteiger partial charge on any atom is 0.326 e. The molecule has 0 heterocycles. The lowest BCUT2D eigenvalue weighted by molar-refractivity contribution is -0.154. The molecular formula is C17H31NO3. The molecular weight excluding hydrogens is 266 g/mol. The molecule has 2 fully saturated rings. The van der Waals surface area contributed by atoms with Crippen molar-refractivity contribution >= 4 is 5.97 Å². The summed E-state index contributed by atoms with van der Waals surface area (Å²) in [6.07, 6.45) is 11.4. The van der Waals surface area contributed by atoms with Crippen molar-refractivity contribution in [2.45, 2.75) is 88.8 Å². The summed E-state index contributed by atoms with van der Waals surface area (Å²) in [4.78, 5) is 12.5. The molecule has 122 valence electrons. The Bertz CT molecular complexity index is 316. The van der Waals surface area contributed by atoms with E-state index in [0.717, 1.165) is 25.7 Å². The minimum atomic E-state index is -0.472. The molecule has 2 aliphatic carbocycles. The Labute approximate surface area is 129 Å². The van der Waals surface area contributed by atoms with Crippen LogP contribution in [0.2, 0.25) is 0 Å². The molecule has 21 heavy (non-hydrogen) atoms. The quantitative estimate of drug-likeness (QED) is 0.625. The zero-order chi connectivity index (χ0) is 15.1. The van der Waals surface area contributed by atoms with Crippen molar-refractivity contribution in [1.82, 2.24) is 5.32 Å². The zero-order valence-corrected chi connectivity index (χ0v) is 13.7. The van der Waals surface area contributed by atoms with Gasteiger partial charge in [0, 0.05) is 13.2 Å². The first-order valence-electron chi connectivity index (χ1n) is 8.68. The van der Waals surface area contributed by atoms with Crippen molar-refractivity contribution in [2.75, 3.05) is 13.7 Å². The second kappa shape index (κ2) is 8.14.